The zero-order valence-corrected chi connectivity index (χ0v) is 9.31. The molecule has 1 aromatic rings. The molecule has 0 aliphatic heterocycles. The minimum atomic E-state index is -0.427. The molecule has 0 saturated carbocycles. The van der Waals surface area contributed by atoms with Crippen LogP contribution in [0.5, 0.6) is 0 Å². The summed E-state index contributed by atoms with van der Waals surface area (Å²) >= 11 is 1.19. The van der Waals surface area contributed by atoms with Gasteiger partial charge in [0.2, 0.25) is 0 Å². The Kier molecular flexibility index (Phi) is 4.38. The summed E-state index contributed by atoms with van der Waals surface area (Å²) in [6, 6.07) is 9.59. The first-order chi connectivity index (χ1) is 7.72. The molecule has 0 saturated heterocycles. The van der Waals surface area contributed by atoms with E-state index in [9.17, 15) is 4.39 Å². The molecule has 0 bridgehead atoms. The normalized spacial score (nSPS) is 8.75. The van der Waals surface area contributed by atoms with Gasteiger partial charge in [-0.3, -0.25) is 0 Å². The number of nitrogens with zero attached hydrogens (tertiary/aromatic N) is 2. The number of allylic oxidation sites excluding steroid dienone is 1. The average molecular weight is 233 g/mol. The monoisotopic (exact) mass is 233 g/mol. The second-order valence-corrected chi connectivity index (χ2v) is 3.55. The van der Waals surface area contributed by atoms with Gasteiger partial charge in [-0.05, 0) is 18.4 Å². The van der Waals surface area contributed by atoms with Crippen molar-refractivity contribution in [2.24, 2.45) is 0 Å². The summed E-state index contributed by atoms with van der Waals surface area (Å²) in [6.45, 7) is 0. The van der Waals surface area contributed by atoms with E-state index in [1.54, 1.807) is 30.5 Å². The van der Waals surface area contributed by atoms with Gasteiger partial charge in [0.05, 0.1) is 5.69 Å². The lowest BCUT2D eigenvalue weighted by Gasteiger charge is -2.08. The molecule has 3 nitrogen and oxygen atoms in total. The number of thioether (sulfide) groups is 1. The van der Waals surface area contributed by atoms with Gasteiger partial charge in [-0.15, -0.1) is 11.8 Å². The predicted molar refractivity (Wildman–Crippen MR) is 61.8 cm³/mol. The van der Waals surface area contributed by atoms with Crippen LogP contribution in [0.25, 0.3) is 0 Å². The Hall–Kier alpha value is -1.98. The predicted octanol–water partition coefficient (Wildman–Crippen LogP) is 2.86. The number of nitrogens with one attached hydrogen (secondary N) is 1. The molecular formula is C11H8FN3S. The standard InChI is InChI=1S/C11H8FN3S/c1-16-11(8(6-13)7-14)15-10-5-3-2-4-9(10)12/h2-5,15H,1H3. The maximum atomic E-state index is 13.3. The van der Waals surface area contributed by atoms with Gasteiger partial charge in [-0.2, -0.15) is 10.5 Å². The van der Waals surface area contributed by atoms with E-state index in [0.717, 1.165) is 0 Å². The topological polar surface area (TPSA) is 59.6 Å². The zero-order valence-electron chi connectivity index (χ0n) is 8.49. The molecule has 1 N–H and O–H groups in total. The molecule has 0 heterocycles. The second-order valence-electron chi connectivity index (χ2n) is 2.74. The van der Waals surface area contributed by atoms with E-state index in [1.165, 1.54) is 23.9 Å². The van der Waals surface area contributed by atoms with Gasteiger partial charge in [-0.1, -0.05) is 12.1 Å². The van der Waals surface area contributed by atoms with Crippen LogP contribution >= 0.6 is 11.8 Å². The maximum absolute atomic E-state index is 13.3. The number of halogens is 1. The Morgan fingerprint density at radius 1 is 1.31 bits per heavy atom. The Balaban J connectivity index is 3.06. The number of hydrogen-bond acceptors (Lipinski definition) is 4. The Labute approximate surface area is 97.2 Å². The third-order valence-corrected chi connectivity index (χ3v) is 2.49. The summed E-state index contributed by atoms with van der Waals surface area (Å²) in [5, 5.41) is 20.5. The molecule has 16 heavy (non-hydrogen) atoms. The summed E-state index contributed by atoms with van der Waals surface area (Å²) in [5.74, 6) is -0.427. The number of hydrogen-bond donors (Lipinski definition) is 1. The van der Waals surface area contributed by atoms with Crippen LogP contribution in [0.2, 0.25) is 0 Å². The van der Waals surface area contributed by atoms with Crippen LogP contribution in [0.15, 0.2) is 34.9 Å². The van der Waals surface area contributed by atoms with Crippen molar-refractivity contribution in [1.29, 1.82) is 10.5 Å². The maximum Gasteiger partial charge on any atom is 0.159 e. The van der Waals surface area contributed by atoms with E-state index in [1.807, 2.05) is 0 Å². The fraction of sp³-hybridized carbons (Fsp3) is 0.0909. The van der Waals surface area contributed by atoms with Gasteiger partial charge in [0.1, 0.15) is 23.0 Å². The van der Waals surface area contributed by atoms with E-state index in [2.05, 4.69) is 5.32 Å². The van der Waals surface area contributed by atoms with Crippen molar-refractivity contribution < 1.29 is 4.39 Å². The number of rotatable bonds is 3. The fourth-order valence-electron chi connectivity index (χ4n) is 1.03. The summed E-state index contributed by atoms with van der Waals surface area (Å²) in [7, 11) is 0. The van der Waals surface area contributed by atoms with Crippen LogP contribution in [0, 0.1) is 28.5 Å². The molecule has 0 unspecified atom stereocenters. The molecule has 0 radical (unpaired) electrons. The second kappa shape index (κ2) is 5.79. The Bertz CT molecular complexity index is 481. The minimum absolute atomic E-state index is 0.0595. The molecular weight excluding hydrogens is 225 g/mol. The van der Waals surface area contributed by atoms with Crippen molar-refractivity contribution in [3.05, 3.63) is 40.7 Å². The molecule has 1 rings (SSSR count). The zero-order chi connectivity index (χ0) is 12.0. The van der Waals surface area contributed by atoms with Gasteiger partial charge in [0, 0.05) is 0 Å². The molecule has 0 aromatic heterocycles. The highest BCUT2D eigenvalue weighted by atomic mass is 32.2. The van der Waals surface area contributed by atoms with E-state index in [4.69, 9.17) is 10.5 Å². The quantitative estimate of drug-likeness (QED) is 0.815. The van der Waals surface area contributed by atoms with Gasteiger partial charge >= 0.3 is 0 Å². The van der Waals surface area contributed by atoms with Crippen molar-refractivity contribution in [2.75, 3.05) is 11.6 Å². The van der Waals surface area contributed by atoms with E-state index >= 15 is 0 Å². The largest absolute Gasteiger partial charge is 0.346 e. The minimum Gasteiger partial charge on any atom is -0.346 e. The van der Waals surface area contributed by atoms with Gasteiger partial charge in [-0.25, -0.2) is 4.39 Å². The lowest BCUT2D eigenvalue weighted by molar-refractivity contribution is 0.631. The van der Waals surface area contributed by atoms with Gasteiger partial charge in [0.15, 0.2) is 5.57 Å². The van der Waals surface area contributed by atoms with Crippen molar-refractivity contribution in [3.8, 4) is 12.1 Å². The number of anilines is 1. The summed E-state index contributed by atoms with van der Waals surface area (Å²) < 4.78 is 13.3. The van der Waals surface area contributed by atoms with Crippen LogP contribution < -0.4 is 5.32 Å². The third kappa shape index (κ3) is 2.75. The van der Waals surface area contributed by atoms with E-state index < -0.39 is 5.82 Å². The van der Waals surface area contributed by atoms with E-state index in [0.29, 0.717) is 5.03 Å². The van der Waals surface area contributed by atoms with Crippen molar-refractivity contribution in [2.45, 2.75) is 0 Å². The summed E-state index contributed by atoms with van der Waals surface area (Å²) in [5.41, 5.74) is 0.186. The van der Waals surface area contributed by atoms with E-state index in [-0.39, 0.29) is 11.3 Å². The molecule has 5 heteroatoms. The highest BCUT2D eigenvalue weighted by Gasteiger charge is 2.07. The molecule has 1 aromatic carbocycles. The highest BCUT2D eigenvalue weighted by molar-refractivity contribution is 8.02. The molecule has 0 aliphatic carbocycles. The van der Waals surface area contributed by atoms with Crippen molar-refractivity contribution >= 4 is 17.4 Å². The van der Waals surface area contributed by atoms with Crippen molar-refractivity contribution in [3.63, 3.8) is 0 Å². The molecule has 0 fully saturated rings. The Morgan fingerprint density at radius 3 is 2.44 bits per heavy atom. The smallest absolute Gasteiger partial charge is 0.159 e. The first-order valence-electron chi connectivity index (χ1n) is 4.33. The van der Waals surface area contributed by atoms with Crippen LogP contribution in [0.1, 0.15) is 0 Å². The number of nitriles is 2. The van der Waals surface area contributed by atoms with Crippen molar-refractivity contribution in [1.82, 2.24) is 0 Å². The first-order valence-corrected chi connectivity index (χ1v) is 5.55. The molecule has 0 amide bonds. The lowest BCUT2D eigenvalue weighted by atomic mass is 10.3. The van der Waals surface area contributed by atoms with Gasteiger partial charge in [0.25, 0.3) is 0 Å². The molecule has 80 valence electrons. The van der Waals surface area contributed by atoms with Crippen LogP contribution in [-0.2, 0) is 0 Å². The number of benzene rings is 1. The number of para-hydroxylation sites is 1. The van der Waals surface area contributed by atoms with Crippen LogP contribution in [0.3, 0.4) is 0 Å². The van der Waals surface area contributed by atoms with Gasteiger partial charge < -0.3 is 5.32 Å². The highest BCUT2D eigenvalue weighted by Crippen LogP contribution is 2.22. The molecule has 0 aliphatic rings. The fourth-order valence-corrected chi connectivity index (χ4v) is 1.53. The third-order valence-electron chi connectivity index (χ3n) is 1.78. The molecule has 0 atom stereocenters. The first kappa shape index (κ1) is 12.1. The average Bonchev–Trinajstić information content (AvgIpc) is 2.31. The summed E-state index contributed by atoms with van der Waals surface area (Å²) in [4.78, 5) is 0. The van der Waals surface area contributed by atoms with Crippen LogP contribution in [-0.4, -0.2) is 6.26 Å². The SMILES string of the molecule is CSC(Nc1ccccc1F)=C(C#N)C#N. The Morgan fingerprint density at radius 2 is 1.94 bits per heavy atom. The summed E-state index contributed by atoms with van der Waals surface area (Å²) in [6.07, 6.45) is 1.71. The molecule has 0 spiro atoms. The van der Waals surface area contributed by atoms with Crippen LogP contribution in [0.4, 0.5) is 10.1 Å². The lowest BCUT2D eigenvalue weighted by Crippen LogP contribution is -2.00.